The summed E-state index contributed by atoms with van der Waals surface area (Å²) in [7, 11) is 0. The smallest absolute Gasteiger partial charge is 0.333 e. The van der Waals surface area contributed by atoms with Gasteiger partial charge in [-0.3, -0.25) is 0 Å². The Balaban J connectivity index is 0.00000289. The topological polar surface area (TPSA) is 52.3 Å². The van der Waals surface area contributed by atoms with E-state index in [2.05, 4.69) is 6.58 Å². The zero-order valence-electron chi connectivity index (χ0n) is 10.8. The molecular formula is C14H20ClNO2. The standard InChI is InChI=1S/C14H19NO2.ClH/c1-10(2)14(16)17-11(3)13(9-15)12-7-5-4-6-8-12;/h4-8,11,13H,1,9,15H2,2-3H3;1H. The van der Waals surface area contributed by atoms with Crippen molar-refractivity contribution in [3.8, 4) is 0 Å². The predicted molar refractivity (Wildman–Crippen MR) is 75.9 cm³/mol. The van der Waals surface area contributed by atoms with E-state index in [1.54, 1.807) is 6.92 Å². The maximum Gasteiger partial charge on any atom is 0.333 e. The average Bonchev–Trinajstić information content (AvgIpc) is 2.31. The molecule has 0 aliphatic heterocycles. The first-order chi connectivity index (χ1) is 8.06. The lowest BCUT2D eigenvalue weighted by Gasteiger charge is -2.23. The molecule has 0 saturated heterocycles. The third kappa shape index (κ3) is 4.51. The molecule has 0 saturated carbocycles. The molecule has 1 aromatic rings. The summed E-state index contributed by atoms with van der Waals surface area (Å²) in [6.07, 6.45) is -0.258. The van der Waals surface area contributed by atoms with Gasteiger partial charge in [-0.1, -0.05) is 36.9 Å². The van der Waals surface area contributed by atoms with Crippen LogP contribution in [-0.2, 0) is 9.53 Å². The Morgan fingerprint density at radius 3 is 2.39 bits per heavy atom. The average molecular weight is 270 g/mol. The van der Waals surface area contributed by atoms with Crippen LogP contribution in [-0.4, -0.2) is 18.6 Å². The zero-order valence-corrected chi connectivity index (χ0v) is 11.6. The predicted octanol–water partition coefficient (Wildman–Crippen LogP) is 2.66. The summed E-state index contributed by atoms with van der Waals surface area (Å²) in [6.45, 7) is 7.49. The van der Waals surface area contributed by atoms with Crippen LogP contribution in [0.25, 0.3) is 0 Å². The summed E-state index contributed by atoms with van der Waals surface area (Å²) in [4.78, 5) is 11.4. The maximum atomic E-state index is 11.4. The van der Waals surface area contributed by atoms with Crippen molar-refractivity contribution >= 4 is 18.4 Å². The Morgan fingerprint density at radius 2 is 1.94 bits per heavy atom. The molecule has 0 fully saturated rings. The van der Waals surface area contributed by atoms with Crippen LogP contribution >= 0.6 is 12.4 Å². The number of benzene rings is 1. The number of esters is 1. The summed E-state index contributed by atoms with van der Waals surface area (Å²) in [5.74, 6) is -0.355. The molecular weight excluding hydrogens is 250 g/mol. The minimum Gasteiger partial charge on any atom is -0.459 e. The molecule has 2 atom stereocenters. The van der Waals surface area contributed by atoms with Crippen LogP contribution in [0.15, 0.2) is 42.5 Å². The molecule has 3 nitrogen and oxygen atoms in total. The molecule has 1 aromatic carbocycles. The van der Waals surface area contributed by atoms with E-state index in [-0.39, 0.29) is 30.4 Å². The van der Waals surface area contributed by atoms with Crippen molar-refractivity contribution in [2.75, 3.05) is 6.54 Å². The minimum absolute atomic E-state index is 0. The van der Waals surface area contributed by atoms with Crippen molar-refractivity contribution < 1.29 is 9.53 Å². The molecule has 0 aromatic heterocycles. The van der Waals surface area contributed by atoms with Crippen molar-refractivity contribution in [2.24, 2.45) is 5.73 Å². The van der Waals surface area contributed by atoms with Crippen molar-refractivity contribution in [3.05, 3.63) is 48.0 Å². The Kier molecular flexibility index (Phi) is 7.32. The van der Waals surface area contributed by atoms with Gasteiger partial charge in [0.15, 0.2) is 0 Å². The van der Waals surface area contributed by atoms with Crippen molar-refractivity contribution in [1.29, 1.82) is 0 Å². The highest BCUT2D eigenvalue weighted by molar-refractivity contribution is 5.87. The van der Waals surface area contributed by atoms with Gasteiger partial charge in [0.25, 0.3) is 0 Å². The lowest BCUT2D eigenvalue weighted by atomic mass is 9.94. The molecule has 2 unspecified atom stereocenters. The van der Waals surface area contributed by atoms with E-state index in [0.29, 0.717) is 12.1 Å². The van der Waals surface area contributed by atoms with Gasteiger partial charge in [0.1, 0.15) is 6.10 Å². The highest BCUT2D eigenvalue weighted by Gasteiger charge is 2.21. The van der Waals surface area contributed by atoms with Gasteiger partial charge in [0.05, 0.1) is 0 Å². The summed E-state index contributed by atoms with van der Waals surface area (Å²) >= 11 is 0. The van der Waals surface area contributed by atoms with E-state index in [1.165, 1.54) is 0 Å². The van der Waals surface area contributed by atoms with Crippen molar-refractivity contribution in [1.82, 2.24) is 0 Å². The van der Waals surface area contributed by atoms with Gasteiger partial charge < -0.3 is 10.5 Å². The molecule has 2 N–H and O–H groups in total. The number of carbonyl (C=O) groups is 1. The third-order valence-electron chi connectivity index (χ3n) is 2.69. The van der Waals surface area contributed by atoms with Gasteiger partial charge in [0, 0.05) is 18.0 Å². The molecule has 0 radical (unpaired) electrons. The monoisotopic (exact) mass is 269 g/mol. The first kappa shape index (κ1) is 16.7. The first-order valence-electron chi connectivity index (χ1n) is 5.67. The van der Waals surface area contributed by atoms with Crippen LogP contribution in [0.1, 0.15) is 25.3 Å². The lowest BCUT2D eigenvalue weighted by Crippen LogP contribution is -2.28. The highest BCUT2D eigenvalue weighted by Crippen LogP contribution is 2.21. The number of nitrogens with two attached hydrogens (primary N) is 1. The number of hydrogen-bond donors (Lipinski definition) is 1. The normalized spacial score (nSPS) is 13.1. The van der Waals surface area contributed by atoms with E-state index in [0.717, 1.165) is 5.56 Å². The fraction of sp³-hybridized carbons (Fsp3) is 0.357. The zero-order chi connectivity index (χ0) is 12.8. The second-order valence-corrected chi connectivity index (χ2v) is 4.14. The van der Waals surface area contributed by atoms with E-state index in [9.17, 15) is 4.79 Å². The van der Waals surface area contributed by atoms with Gasteiger partial charge in [0.2, 0.25) is 0 Å². The van der Waals surface area contributed by atoms with Crippen molar-refractivity contribution in [2.45, 2.75) is 25.9 Å². The van der Waals surface area contributed by atoms with Gasteiger partial charge in [-0.2, -0.15) is 0 Å². The number of hydrogen-bond acceptors (Lipinski definition) is 3. The first-order valence-corrected chi connectivity index (χ1v) is 5.67. The largest absolute Gasteiger partial charge is 0.459 e. The molecule has 0 bridgehead atoms. The quantitative estimate of drug-likeness (QED) is 0.660. The molecule has 100 valence electrons. The van der Waals surface area contributed by atoms with Crippen LogP contribution in [0.5, 0.6) is 0 Å². The Morgan fingerprint density at radius 1 is 1.39 bits per heavy atom. The fourth-order valence-corrected chi connectivity index (χ4v) is 1.65. The molecule has 1 rings (SSSR count). The van der Waals surface area contributed by atoms with Crippen LogP contribution in [0.3, 0.4) is 0 Å². The fourth-order valence-electron chi connectivity index (χ4n) is 1.65. The van der Waals surface area contributed by atoms with Crippen LogP contribution < -0.4 is 5.73 Å². The Hall–Kier alpha value is -1.32. The molecule has 0 spiro atoms. The highest BCUT2D eigenvalue weighted by atomic mass is 35.5. The molecule has 0 aliphatic carbocycles. The number of carbonyl (C=O) groups excluding carboxylic acids is 1. The van der Waals surface area contributed by atoms with Crippen LogP contribution in [0.4, 0.5) is 0 Å². The molecule has 18 heavy (non-hydrogen) atoms. The molecule has 4 heteroatoms. The van der Waals surface area contributed by atoms with E-state index in [4.69, 9.17) is 10.5 Å². The van der Waals surface area contributed by atoms with Gasteiger partial charge >= 0.3 is 5.97 Å². The minimum atomic E-state index is -0.369. The van der Waals surface area contributed by atoms with Crippen molar-refractivity contribution in [3.63, 3.8) is 0 Å². The number of halogens is 1. The molecule has 0 aliphatic rings. The lowest BCUT2D eigenvalue weighted by molar-refractivity contribution is -0.144. The van der Waals surface area contributed by atoms with Crippen LogP contribution in [0.2, 0.25) is 0 Å². The summed E-state index contributed by atoms with van der Waals surface area (Å²) in [6, 6.07) is 9.82. The van der Waals surface area contributed by atoms with Gasteiger partial charge in [-0.15, -0.1) is 12.4 Å². The summed E-state index contributed by atoms with van der Waals surface area (Å²) < 4.78 is 5.30. The number of rotatable bonds is 5. The SMILES string of the molecule is C=C(C)C(=O)OC(C)C(CN)c1ccccc1.Cl. The Bertz CT molecular complexity index is 392. The molecule has 0 heterocycles. The summed E-state index contributed by atoms with van der Waals surface area (Å²) in [5, 5.41) is 0. The van der Waals surface area contributed by atoms with Gasteiger partial charge in [-0.25, -0.2) is 4.79 Å². The van der Waals surface area contributed by atoms with E-state index < -0.39 is 0 Å². The Labute approximate surface area is 114 Å². The summed E-state index contributed by atoms with van der Waals surface area (Å²) in [5.41, 5.74) is 7.23. The van der Waals surface area contributed by atoms with Crippen LogP contribution in [0, 0.1) is 0 Å². The van der Waals surface area contributed by atoms with E-state index in [1.807, 2.05) is 37.3 Å². The molecule has 0 amide bonds. The van der Waals surface area contributed by atoms with E-state index >= 15 is 0 Å². The second-order valence-electron chi connectivity index (χ2n) is 4.14. The third-order valence-corrected chi connectivity index (χ3v) is 2.69. The number of ether oxygens (including phenoxy) is 1. The maximum absolute atomic E-state index is 11.4. The van der Waals surface area contributed by atoms with Gasteiger partial charge in [-0.05, 0) is 19.4 Å². The second kappa shape index (κ2) is 7.90.